The fourth-order valence-electron chi connectivity index (χ4n) is 4.29. The van der Waals surface area contributed by atoms with Crippen LogP contribution < -0.4 is 10.9 Å². The van der Waals surface area contributed by atoms with Crippen LogP contribution in [0.4, 0.5) is 0 Å². The van der Waals surface area contributed by atoms with Gasteiger partial charge in [0.25, 0.3) is 5.56 Å². The van der Waals surface area contributed by atoms with E-state index in [1.54, 1.807) is 11.7 Å². The van der Waals surface area contributed by atoms with Crippen molar-refractivity contribution in [3.8, 4) is 0 Å². The molecular formula is C22H27N5O2. The fourth-order valence-corrected chi connectivity index (χ4v) is 4.29. The van der Waals surface area contributed by atoms with Crippen molar-refractivity contribution < 1.29 is 4.79 Å². The molecule has 0 bridgehead atoms. The van der Waals surface area contributed by atoms with Gasteiger partial charge in [0.2, 0.25) is 5.91 Å². The van der Waals surface area contributed by atoms with Crippen LogP contribution in [0.2, 0.25) is 0 Å². The van der Waals surface area contributed by atoms with Crippen LogP contribution in [0.25, 0.3) is 11.0 Å². The van der Waals surface area contributed by atoms with Gasteiger partial charge >= 0.3 is 0 Å². The SMILES string of the molecule is Cn1ncc2c(=O)n(CC(=O)N[C@@H](CC3CCCCC3)c3ccccc3)cnc21. The first kappa shape index (κ1) is 19.4. The van der Waals surface area contributed by atoms with Crippen molar-refractivity contribution >= 4 is 16.9 Å². The molecule has 7 nitrogen and oxygen atoms in total. The molecule has 1 atom stereocenters. The van der Waals surface area contributed by atoms with Crippen molar-refractivity contribution in [2.45, 2.75) is 51.1 Å². The summed E-state index contributed by atoms with van der Waals surface area (Å²) >= 11 is 0. The van der Waals surface area contributed by atoms with Crippen molar-refractivity contribution in [2.24, 2.45) is 13.0 Å². The third-order valence-electron chi connectivity index (χ3n) is 5.86. The zero-order chi connectivity index (χ0) is 20.2. The monoisotopic (exact) mass is 393 g/mol. The zero-order valence-electron chi connectivity index (χ0n) is 16.8. The standard InChI is InChI=1S/C22H27N5O2/c1-26-21-18(13-24-26)22(29)27(15-23-21)14-20(28)25-19(17-10-6-3-7-11-17)12-16-8-4-2-5-9-16/h3,6-7,10-11,13,15-16,19H,2,4-5,8-9,12,14H2,1H3,(H,25,28)/t19-/m0/s1. The van der Waals surface area contributed by atoms with Crippen LogP contribution in [0.3, 0.4) is 0 Å². The third-order valence-corrected chi connectivity index (χ3v) is 5.86. The Balaban J connectivity index is 1.50. The summed E-state index contributed by atoms with van der Waals surface area (Å²) < 4.78 is 2.90. The summed E-state index contributed by atoms with van der Waals surface area (Å²) in [5.41, 5.74) is 1.38. The van der Waals surface area contributed by atoms with Crippen LogP contribution in [-0.4, -0.2) is 25.2 Å². The fraction of sp³-hybridized carbons (Fsp3) is 0.455. The molecule has 0 radical (unpaired) electrons. The number of hydrogen-bond donors (Lipinski definition) is 1. The van der Waals surface area contributed by atoms with E-state index in [1.807, 2.05) is 18.2 Å². The van der Waals surface area contributed by atoms with Gasteiger partial charge in [-0.2, -0.15) is 5.10 Å². The topological polar surface area (TPSA) is 81.8 Å². The highest BCUT2D eigenvalue weighted by molar-refractivity contribution is 5.77. The van der Waals surface area contributed by atoms with Gasteiger partial charge in [0.1, 0.15) is 18.3 Å². The van der Waals surface area contributed by atoms with Gasteiger partial charge in [-0.25, -0.2) is 4.98 Å². The minimum atomic E-state index is -0.248. The number of aryl methyl sites for hydroxylation is 1. The Bertz CT molecular complexity index is 1030. The smallest absolute Gasteiger partial charge is 0.264 e. The maximum atomic E-state index is 12.8. The van der Waals surface area contributed by atoms with E-state index >= 15 is 0 Å². The second kappa shape index (κ2) is 8.59. The molecule has 1 aromatic carbocycles. The number of carbonyl (C=O) groups excluding carboxylic acids is 1. The van der Waals surface area contributed by atoms with Gasteiger partial charge in [-0.15, -0.1) is 0 Å². The molecule has 0 aliphatic heterocycles. The van der Waals surface area contributed by atoms with E-state index in [1.165, 1.54) is 49.2 Å². The second-order valence-corrected chi connectivity index (χ2v) is 7.95. The van der Waals surface area contributed by atoms with Gasteiger partial charge in [0.05, 0.1) is 12.2 Å². The minimum absolute atomic E-state index is 0.0439. The molecule has 1 fully saturated rings. The number of fused-ring (bicyclic) bond motifs is 1. The molecule has 4 rings (SSSR count). The van der Waals surface area contributed by atoms with E-state index in [0.29, 0.717) is 17.0 Å². The third kappa shape index (κ3) is 4.39. The molecular weight excluding hydrogens is 366 g/mol. The first-order chi connectivity index (χ1) is 14.1. The summed E-state index contributed by atoms with van der Waals surface area (Å²) in [6.07, 6.45) is 10.1. The van der Waals surface area contributed by atoms with Gasteiger partial charge in [-0.1, -0.05) is 62.4 Å². The van der Waals surface area contributed by atoms with E-state index in [0.717, 1.165) is 12.0 Å². The van der Waals surface area contributed by atoms with Gasteiger partial charge in [0.15, 0.2) is 5.65 Å². The lowest BCUT2D eigenvalue weighted by Gasteiger charge is -2.27. The zero-order valence-corrected chi connectivity index (χ0v) is 16.8. The maximum Gasteiger partial charge on any atom is 0.264 e. The first-order valence-corrected chi connectivity index (χ1v) is 10.3. The number of amides is 1. The number of carbonyl (C=O) groups is 1. The van der Waals surface area contributed by atoms with Crippen molar-refractivity contribution in [1.29, 1.82) is 0 Å². The van der Waals surface area contributed by atoms with Crippen molar-refractivity contribution in [3.05, 3.63) is 58.8 Å². The van der Waals surface area contributed by atoms with E-state index in [-0.39, 0.29) is 24.1 Å². The lowest BCUT2D eigenvalue weighted by Crippen LogP contribution is -2.35. The number of benzene rings is 1. The molecule has 1 amide bonds. The average Bonchev–Trinajstić information content (AvgIpc) is 3.12. The average molecular weight is 393 g/mol. The summed E-state index contributed by atoms with van der Waals surface area (Å²) in [4.78, 5) is 29.7. The predicted molar refractivity (Wildman–Crippen MR) is 111 cm³/mol. The molecule has 3 aromatic rings. The normalized spacial score (nSPS) is 16.0. The molecule has 1 aliphatic carbocycles. The Morgan fingerprint density at radius 2 is 1.97 bits per heavy atom. The first-order valence-electron chi connectivity index (χ1n) is 10.3. The van der Waals surface area contributed by atoms with Crippen molar-refractivity contribution in [3.63, 3.8) is 0 Å². The molecule has 2 heterocycles. The molecule has 0 saturated heterocycles. The van der Waals surface area contributed by atoms with Gasteiger partial charge in [-0.3, -0.25) is 18.8 Å². The Morgan fingerprint density at radius 3 is 2.72 bits per heavy atom. The van der Waals surface area contributed by atoms with Crippen LogP contribution in [0.1, 0.15) is 50.1 Å². The molecule has 1 saturated carbocycles. The summed E-state index contributed by atoms with van der Waals surface area (Å²) in [7, 11) is 1.74. The molecule has 152 valence electrons. The Morgan fingerprint density at radius 1 is 1.21 bits per heavy atom. The number of hydrogen-bond acceptors (Lipinski definition) is 4. The number of aromatic nitrogens is 4. The highest BCUT2D eigenvalue weighted by atomic mass is 16.2. The van der Waals surface area contributed by atoms with Crippen LogP contribution in [0, 0.1) is 5.92 Å². The van der Waals surface area contributed by atoms with Crippen molar-refractivity contribution in [2.75, 3.05) is 0 Å². The highest BCUT2D eigenvalue weighted by Crippen LogP contribution is 2.31. The minimum Gasteiger partial charge on any atom is -0.348 e. The summed E-state index contributed by atoms with van der Waals surface area (Å²) in [5.74, 6) is 0.451. The van der Waals surface area contributed by atoms with Crippen LogP contribution >= 0.6 is 0 Å². The van der Waals surface area contributed by atoms with E-state index in [9.17, 15) is 9.59 Å². The molecule has 0 unspecified atom stereocenters. The lowest BCUT2D eigenvalue weighted by atomic mass is 9.83. The van der Waals surface area contributed by atoms with Gasteiger partial charge in [0, 0.05) is 7.05 Å². The number of nitrogens with zero attached hydrogens (tertiary/aromatic N) is 4. The molecule has 1 N–H and O–H groups in total. The second-order valence-electron chi connectivity index (χ2n) is 7.95. The van der Waals surface area contributed by atoms with Crippen molar-refractivity contribution in [1.82, 2.24) is 24.6 Å². The molecule has 29 heavy (non-hydrogen) atoms. The van der Waals surface area contributed by atoms with Gasteiger partial charge in [-0.05, 0) is 17.9 Å². The molecule has 1 aliphatic rings. The quantitative estimate of drug-likeness (QED) is 0.698. The van der Waals surface area contributed by atoms with Crippen LogP contribution in [-0.2, 0) is 18.4 Å². The number of nitrogens with one attached hydrogen (secondary N) is 1. The summed E-state index contributed by atoms with van der Waals surface area (Å²) in [5, 5.41) is 7.65. The van der Waals surface area contributed by atoms with E-state index in [4.69, 9.17) is 0 Å². The Kier molecular flexibility index (Phi) is 5.74. The highest BCUT2D eigenvalue weighted by Gasteiger charge is 2.22. The number of rotatable bonds is 6. The van der Waals surface area contributed by atoms with Crippen LogP contribution in [0.5, 0.6) is 0 Å². The maximum absolute atomic E-state index is 12.8. The molecule has 7 heteroatoms. The lowest BCUT2D eigenvalue weighted by molar-refractivity contribution is -0.122. The summed E-state index contributed by atoms with van der Waals surface area (Å²) in [6.45, 7) is -0.0509. The predicted octanol–water partition coefficient (Wildman–Crippen LogP) is 2.96. The molecule has 0 spiro atoms. The molecule has 2 aromatic heterocycles. The van der Waals surface area contributed by atoms with E-state index in [2.05, 4.69) is 27.5 Å². The Labute approximate surface area is 169 Å². The Hall–Kier alpha value is -2.96. The van der Waals surface area contributed by atoms with Gasteiger partial charge < -0.3 is 5.32 Å². The summed E-state index contributed by atoms with van der Waals surface area (Å²) in [6, 6.07) is 10.1. The van der Waals surface area contributed by atoms with E-state index < -0.39 is 0 Å². The largest absolute Gasteiger partial charge is 0.348 e. The van der Waals surface area contributed by atoms with Crippen LogP contribution in [0.15, 0.2) is 47.7 Å².